The van der Waals surface area contributed by atoms with Crippen LogP contribution in [0.4, 0.5) is 4.39 Å². The second kappa shape index (κ2) is 10.1. The highest BCUT2D eigenvalue weighted by Gasteiger charge is 2.36. The lowest BCUT2D eigenvalue weighted by Crippen LogP contribution is -2.39. The molecule has 2 aliphatic rings. The Morgan fingerprint density at radius 2 is 1.86 bits per heavy atom. The monoisotopic (exact) mass is 504 g/mol. The van der Waals surface area contributed by atoms with Crippen molar-refractivity contribution in [3.05, 3.63) is 88.4 Å². The van der Waals surface area contributed by atoms with Crippen LogP contribution in [0, 0.1) is 5.82 Å². The maximum absolute atomic E-state index is 14.1. The fourth-order valence-electron chi connectivity index (χ4n) is 5.77. The summed E-state index contributed by atoms with van der Waals surface area (Å²) in [4.78, 5) is 2.48. The number of hydrogen-bond donors (Lipinski definition) is 1. The maximum Gasteiger partial charge on any atom is 0.161 e. The van der Waals surface area contributed by atoms with Crippen LogP contribution in [0.25, 0.3) is 10.9 Å². The molecule has 6 nitrogen and oxygen atoms in total. The summed E-state index contributed by atoms with van der Waals surface area (Å²) in [5.74, 6) is 1.81. The third-order valence-corrected chi connectivity index (χ3v) is 7.62. The number of aliphatic hydroxyl groups is 1. The van der Waals surface area contributed by atoms with Gasteiger partial charge < -0.3 is 23.9 Å². The van der Waals surface area contributed by atoms with Crippen LogP contribution in [0.2, 0.25) is 0 Å². The first kappa shape index (κ1) is 25.1. The molecular weight excluding hydrogens is 471 g/mol. The van der Waals surface area contributed by atoms with Gasteiger partial charge in [-0.2, -0.15) is 0 Å². The van der Waals surface area contributed by atoms with Gasteiger partial charge in [-0.3, -0.25) is 4.90 Å². The first-order valence-electron chi connectivity index (χ1n) is 12.2. The predicted molar refractivity (Wildman–Crippen MR) is 142 cm³/mol. The zero-order valence-electron chi connectivity index (χ0n) is 20.5. The van der Waals surface area contributed by atoms with Crippen LogP contribution in [-0.2, 0) is 32.7 Å². The Morgan fingerprint density at radius 3 is 2.62 bits per heavy atom. The van der Waals surface area contributed by atoms with E-state index in [9.17, 15) is 9.50 Å². The summed E-state index contributed by atoms with van der Waals surface area (Å²) in [6.45, 7) is 1.77. The van der Waals surface area contributed by atoms with Gasteiger partial charge in [0.1, 0.15) is 24.9 Å². The van der Waals surface area contributed by atoms with Crippen LogP contribution in [0.3, 0.4) is 0 Å². The molecule has 0 spiro atoms. The van der Waals surface area contributed by atoms with Gasteiger partial charge in [-0.05, 0) is 65.9 Å². The van der Waals surface area contributed by atoms with Crippen LogP contribution in [0.15, 0.2) is 54.6 Å². The molecule has 1 aromatic heterocycles. The Bertz CT molecular complexity index is 1450. The number of fused-ring (bicyclic) bond motifs is 6. The molecule has 1 unspecified atom stereocenters. The van der Waals surface area contributed by atoms with Gasteiger partial charge in [-0.25, -0.2) is 4.39 Å². The normalized spacial score (nSPS) is 16.4. The van der Waals surface area contributed by atoms with Crippen molar-refractivity contribution in [2.45, 2.75) is 46.2 Å². The van der Waals surface area contributed by atoms with Crippen molar-refractivity contribution in [1.29, 1.82) is 0 Å². The lowest BCUT2D eigenvalue weighted by atomic mass is 9.85. The van der Waals surface area contributed by atoms with Gasteiger partial charge in [-0.1, -0.05) is 25.6 Å². The minimum absolute atomic E-state index is 0. The molecule has 1 atom stereocenters. The number of halogens is 1. The molecule has 1 N–H and O–H groups in total. The smallest absolute Gasteiger partial charge is 0.161 e. The summed E-state index contributed by atoms with van der Waals surface area (Å²) >= 11 is 0. The summed E-state index contributed by atoms with van der Waals surface area (Å²) in [6.07, 6.45) is 1.71. The molecule has 0 saturated heterocycles. The average molecular weight is 505 g/mol. The molecule has 0 radical (unpaired) electrons. The Morgan fingerprint density at radius 1 is 1.03 bits per heavy atom. The predicted octanol–water partition coefficient (Wildman–Crippen LogP) is 5.62. The van der Waals surface area contributed by atoms with E-state index in [2.05, 4.69) is 23.1 Å². The Kier molecular flexibility index (Phi) is 6.84. The van der Waals surface area contributed by atoms with Crippen molar-refractivity contribution < 1.29 is 23.7 Å². The van der Waals surface area contributed by atoms with Crippen LogP contribution < -0.4 is 14.2 Å². The summed E-state index contributed by atoms with van der Waals surface area (Å²) in [7, 11) is 3.31. The third kappa shape index (κ3) is 4.22. The molecule has 7 heteroatoms. The molecule has 3 heterocycles. The SMILES string of the molecule is C.COc1ccc2c(c1)c1c(n2CO)CN2CCc3cc(OCc4ccccc4F)c(OC)cc3C2C1. The Labute approximate surface area is 216 Å². The minimum Gasteiger partial charge on any atom is -0.497 e. The fourth-order valence-corrected chi connectivity index (χ4v) is 5.77. The molecule has 6 rings (SSSR count). The first-order chi connectivity index (χ1) is 17.6. The van der Waals surface area contributed by atoms with E-state index in [1.54, 1.807) is 32.4 Å². The fraction of sp³-hybridized carbons (Fsp3) is 0.333. The van der Waals surface area contributed by atoms with Gasteiger partial charge in [-0.15, -0.1) is 0 Å². The van der Waals surface area contributed by atoms with E-state index in [0.29, 0.717) is 17.1 Å². The highest BCUT2D eigenvalue weighted by Crippen LogP contribution is 2.45. The van der Waals surface area contributed by atoms with Crippen molar-refractivity contribution in [1.82, 2.24) is 9.47 Å². The number of nitrogens with zero attached hydrogens (tertiary/aromatic N) is 2. The number of benzene rings is 3. The quantitative estimate of drug-likeness (QED) is 0.370. The van der Waals surface area contributed by atoms with E-state index in [1.165, 1.54) is 22.8 Å². The average Bonchev–Trinajstić information content (AvgIpc) is 3.22. The molecular formula is C30H33FN2O4. The van der Waals surface area contributed by atoms with Crippen LogP contribution in [0.1, 0.15) is 41.4 Å². The van der Waals surface area contributed by atoms with E-state index < -0.39 is 0 Å². The number of ether oxygens (including phenoxy) is 3. The van der Waals surface area contributed by atoms with E-state index in [4.69, 9.17) is 14.2 Å². The minimum atomic E-state index is -0.276. The topological polar surface area (TPSA) is 56.1 Å². The van der Waals surface area contributed by atoms with Crippen LogP contribution in [0.5, 0.6) is 17.2 Å². The van der Waals surface area contributed by atoms with Crippen molar-refractivity contribution >= 4 is 10.9 Å². The number of hydrogen-bond acceptors (Lipinski definition) is 5. The summed E-state index contributed by atoms with van der Waals surface area (Å²) in [5, 5.41) is 11.3. The molecule has 3 aromatic carbocycles. The van der Waals surface area contributed by atoms with E-state index in [1.807, 2.05) is 16.7 Å². The van der Waals surface area contributed by atoms with Gasteiger partial charge in [0, 0.05) is 35.8 Å². The molecule has 0 saturated carbocycles. The second-order valence-electron chi connectivity index (χ2n) is 9.40. The van der Waals surface area contributed by atoms with Crippen LogP contribution in [-0.4, -0.2) is 35.3 Å². The zero-order chi connectivity index (χ0) is 24.8. The van der Waals surface area contributed by atoms with E-state index in [0.717, 1.165) is 48.3 Å². The molecule has 2 aliphatic heterocycles. The lowest BCUT2D eigenvalue weighted by Gasteiger charge is -2.41. The standard InChI is InChI=1S/C29H29FN2O4.CH4/c1-34-20-7-8-25-22(12-20)23-13-26-21-14-28(35-2)29(36-16-19-5-3-4-6-24(19)30)11-18(21)9-10-31(26)15-27(23)32(25)17-33;/h3-8,11-12,14,26,33H,9-10,13,15-17H2,1-2H3;1H4. The molecule has 0 amide bonds. The summed E-state index contributed by atoms with van der Waals surface area (Å²) in [5.41, 5.74) is 6.42. The van der Waals surface area contributed by atoms with Crippen molar-refractivity contribution in [3.8, 4) is 17.2 Å². The number of aliphatic hydroxyl groups excluding tert-OH is 1. The number of rotatable bonds is 6. The first-order valence-corrected chi connectivity index (χ1v) is 12.2. The summed E-state index contributed by atoms with van der Waals surface area (Å²) in [6, 6.07) is 17.0. The number of aromatic nitrogens is 1. The summed E-state index contributed by atoms with van der Waals surface area (Å²) < 4.78 is 33.3. The second-order valence-corrected chi connectivity index (χ2v) is 9.40. The Balaban J connectivity index is 0.00000280. The molecule has 0 fully saturated rings. The molecule has 194 valence electrons. The molecule has 4 aromatic rings. The van der Waals surface area contributed by atoms with Crippen molar-refractivity contribution in [2.75, 3.05) is 20.8 Å². The molecule has 37 heavy (non-hydrogen) atoms. The van der Waals surface area contributed by atoms with E-state index in [-0.39, 0.29) is 32.6 Å². The molecule has 0 aliphatic carbocycles. The largest absolute Gasteiger partial charge is 0.497 e. The van der Waals surface area contributed by atoms with Crippen molar-refractivity contribution in [2.24, 2.45) is 0 Å². The highest BCUT2D eigenvalue weighted by atomic mass is 19.1. The van der Waals surface area contributed by atoms with Gasteiger partial charge in [0.2, 0.25) is 0 Å². The number of methoxy groups -OCH3 is 2. The maximum atomic E-state index is 14.1. The van der Waals surface area contributed by atoms with Gasteiger partial charge in [0.25, 0.3) is 0 Å². The molecule has 0 bridgehead atoms. The van der Waals surface area contributed by atoms with Gasteiger partial charge in [0.05, 0.1) is 19.7 Å². The Hall–Kier alpha value is -3.55. The van der Waals surface area contributed by atoms with E-state index >= 15 is 0 Å². The third-order valence-electron chi connectivity index (χ3n) is 7.62. The lowest BCUT2D eigenvalue weighted by molar-refractivity contribution is 0.145. The van der Waals surface area contributed by atoms with Crippen LogP contribution >= 0.6 is 0 Å². The van der Waals surface area contributed by atoms with Gasteiger partial charge in [0.15, 0.2) is 11.5 Å². The van der Waals surface area contributed by atoms with Gasteiger partial charge >= 0.3 is 0 Å². The van der Waals surface area contributed by atoms with Crippen molar-refractivity contribution in [3.63, 3.8) is 0 Å². The highest BCUT2D eigenvalue weighted by molar-refractivity contribution is 5.87. The zero-order valence-corrected chi connectivity index (χ0v) is 20.5.